The fraction of sp³-hybridized carbons (Fsp3) is 0.538. The number of anilines is 1. The van der Waals surface area contributed by atoms with Crippen molar-refractivity contribution in [2.24, 2.45) is 0 Å². The van der Waals surface area contributed by atoms with Crippen LogP contribution in [0.1, 0.15) is 25.0 Å². The molecular formula is C13H20N2. The average Bonchev–Trinajstić information content (AvgIpc) is 2.53. The Balaban J connectivity index is 2.31. The molecule has 1 aromatic rings. The first kappa shape index (κ1) is 10.5. The van der Waals surface area contributed by atoms with Gasteiger partial charge in [0.1, 0.15) is 0 Å². The maximum absolute atomic E-state index is 3.20. The molecule has 0 fully saturated rings. The molecule has 82 valence electrons. The highest BCUT2D eigenvalue weighted by Crippen LogP contribution is 2.32. The predicted octanol–water partition coefficient (Wildman–Crippen LogP) is 2.18. The summed E-state index contributed by atoms with van der Waals surface area (Å²) in [6.45, 7) is 6.61. The normalized spacial score (nSPS) is 19.4. The summed E-state index contributed by atoms with van der Waals surface area (Å²) in [7, 11) is 1.99. The van der Waals surface area contributed by atoms with Gasteiger partial charge in [-0.05, 0) is 44.5 Å². The Kier molecular flexibility index (Phi) is 2.96. The molecule has 0 amide bonds. The molecular weight excluding hydrogens is 184 g/mol. The van der Waals surface area contributed by atoms with Crippen LogP contribution in [-0.4, -0.2) is 19.6 Å². The molecule has 1 aliphatic rings. The number of likely N-dealkylation sites (N-methyl/N-ethyl adjacent to an activating group) is 1. The van der Waals surface area contributed by atoms with Crippen LogP contribution < -0.4 is 10.2 Å². The Labute approximate surface area is 92.3 Å². The molecule has 0 spiro atoms. The molecule has 1 heterocycles. The van der Waals surface area contributed by atoms with Gasteiger partial charge in [-0.3, -0.25) is 0 Å². The zero-order valence-corrected chi connectivity index (χ0v) is 9.88. The minimum atomic E-state index is 0.662. The lowest BCUT2D eigenvalue weighted by Crippen LogP contribution is -2.28. The Hall–Kier alpha value is -1.02. The Morgan fingerprint density at radius 3 is 2.93 bits per heavy atom. The second-order valence-corrected chi connectivity index (χ2v) is 4.33. The standard InChI is InChI=1S/C13H20N2/c1-4-15-10(2)7-12-6-5-11(9-14-3)8-13(12)15/h5-6,8,10,14H,4,7,9H2,1-3H3. The van der Waals surface area contributed by atoms with Gasteiger partial charge in [-0.15, -0.1) is 0 Å². The summed E-state index contributed by atoms with van der Waals surface area (Å²) in [4.78, 5) is 2.49. The van der Waals surface area contributed by atoms with E-state index in [1.807, 2.05) is 7.05 Å². The Bertz CT molecular complexity index is 346. The number of rotatable bonds is 3. The molecule has 0 aromatic heterocycles. The van der Waals surface area contributed by atoms with Crippen LogP contribution in [0, 0.1) is 0 Å². The SMILES string of the molecule is CCN1c2cc(CNC)ccc2CC1C. The highest BCUT2D eigenvalue weighted by atomic mass is 15.2. The van der Waals surface area contributed by atoms with Gasteiger partial charge in [-0.25, -0.2) is 0 Å². The molecule has 1 aliphatic heterocycles. The van der Waals surface area contributed by atoms with Crippen molar-refractivity contribution >= 4 is 5.69 Å². The van der Waals surface area contributed by atoms with Crippen LogP contribution in [0.4, 0.5) is 5.69 Å². The first-order valence-corrected chi connectivity index (χ1v) is 5.79. The smallest absolute Gasteiger partial charge is 0.0405 e. The van der Waals surface area contributed by atoms with E-state index in [2.05, 4.69) is 42.3 Å². The number of hydrogen-bond acceptors (Lipinski definition) is 2. The molecule has 15 heavy (non-hydrogen) atoms. The van der Waals surface area contributed by atoms with Gasteiger partial charge >= 0.3 is 0 Å². The van der Waals surface area contributed by atoms with Crippen molar-refractivity contribution in [2.45, 2.75) is 32.9 Å². The van der Waals surface area contributed by atoms with Crippen molar-refractivity contribution in [3.63, 3.8) is 0 Å². The van der Waals surface area contributed by atoms with Crippen molar-refractivity contribution in [1.82, 2.24) is 5.32 Å². The maximum Gasteiger partial charge on any atom is 0.0405 e. The summed E-state index contributed by atoms with van der Waals surface area (Å²) in [6.07, 6.45) is 1.20. The molecule has 2 heteroatoms. The van der Waals surface area contributed by atoms with E-state index >= 15 is 0 Å². The van der Waals surface area contributed by atoms with Gasteiger partial charge < -0.3 is 10.2 Å². The van der Waals surface area contributed by atoms with Crippen molar-refractivity contribution in [1.29, 1.82) is 0 Å². The van der Waals surface area contributed by atoms with E-state index < -0.39 is 0 Å². The van der Waals surface area contributed by atoms with Crippen LogP contribution in [-0.2, 0) is 13.0 Å². The zero-order valence-electron chi connectivity index (χ0n) is 9.88. The van der Waals surface area contributed by atoms with Gasteiger partial charge in [-0.2, -0.15) is 0 Å². The second kappa shape index (κ2) is 4.23. The predicted molar refractivity (Wildman–Crippen MR) is 65.4 cm³/mol. The van der Waals surface area contributed by atoms with Gasteiger partial charge in [0.25, 0.3) is 0 Å². The third-order valence-electron chi connectivity index (χ3n) is 3.23. The quantitative estimate of drug-likeness (QED) is 0.812. The van der Waals surface area contributed by atoms with E-state index in [0.717, 1.165) is 13.1 Å². The van der Waals surface area contributed by atoms with Crippen LogP contribution in [0.3, 0.4) is 0 Å². The van der Waals surface area contributed by atoms with Gasteiger partial charge in [0.05, 0.1) is 0 Å². The largest absolute Gasteiger partial charge is 0.369 e. The lowest BCUT2D eigenvalue weighted by Gasteiger charge is -2.23. The number of nitrogens with zero attached hydrogens (tertiary/aromatic N) is 1. The first-order chi connectivity index (χ1) is 7.26. The van der Waals surface area contributed by atoms with Crippen LogP contribution in [0.5, 0.6) is 0 Å². The maximum atomic E-state index is 3.20. The molecule has 0 saturated carbocycles. The lowest BCUT2D eigenvalue weighted by atomic mass is 10.1. The molecule has 1 atom stereocenters. The number of fused-ring (bicyclic) bond motifs is 1. The molecule has 0 aliphatic carbocycles. The second-order valence-electron chi connectivity index (χ2n) is 4.33. The minimum absolute atomic E-state index is 0.662. The molecule has 0 bridgehead atoms. The van der Waals surface area contributed by atoms with Crippen LogP contribution in [0.2, 0.25) is 0 Å². The fourth-order valence-corrected chi connectivity index (χ4v) is 2.51. The van der Waals surface area contributed by atoms with Gasteiger partial charge in [-0.1, -0.05) is 12.1 Å². The van der Waals surface area contributed by atoms with E-state index in [1.54, 1.807) is 0 Å². The monoisotopic (exact) mass is 204 g/mol. The van der Waals surface area contributed by atoms with E-state index in [9.17, 15) is 0 Å². The van der Waals surface area contributed by atoms with Gasteiger partial charge in [0.2, 0.25) is 0 Å². The molecule has 2 nitrogen and oxygen atoms in total. The van der Waals surface area contributed by atoms with Crippen molar-refractivity contribution in [2.75, 3.05) is 18.5 Å². The summed E-state index contributed by atoms with van der Waals surface area (Å²) in [5.41, 5.74) is 4.32. The summed E-state index contributed by atoms with van der Waals surface area (Å²) < 4.78 is 0. The van der Waals surface area contributed by atoms with Crippen molar-refractivity contribution < 1.29 is 0 Å². The molecule has 1 N–H and O–H groups in total. The van der Waals surface area contributed by atoms with Gasteiger partial charge in [0.15, 0.2) is 0 Å². The number of nitrogens with one attached hydrogen (secondary N) is 1. The first-order valence-electron chi connectivity index (χ1n) is 5.79. The van der Waals surface area contributed by atoms with E-state index in [1.165, 1.54) is 23.2 Å². The third-order valence-corrected chi connectivity index (χ3v) is 3.23. The lowest BCUT2D eigenvalue weighted by molar-refractivity contribution is 0.690. The van der Waals surface area contributed by atoms with Crippen LogP contribution >= 0.6 is 0 Å². The Morgan fingerprint density at radius 1 is 1.47 bits per heavy atom. The summed E-state index contributed by atoms with van der Waals surface area (Å²) in [6, 6.07) is 7.52. The van der Waals surface area contributed by atoms with E-state index in [4.69, 9.17) is 0 Å². The van der Waals surface area contributed by atoms with E-state index in [-0.39, 0.29) is 0 Å². The minimum Gasteiger partial charge on any atom is -0.369 e. The fourth-order valence-electron chi connectivity index (χ4n) is 2.51. The van der Waals surface area contributed by atoms with E-state index in [0.29, 0.717) is 6.04 Å². The summed E-state index contributed by atoms with van der Waals surface area (Å²) >= 11 is 0. The highest BCUT2D eigenvalue weighted by molar-refractivity contribution is 5.60. The molecule has 0 radical (unpaired) electrons. The Morgan fingerprint density at radius 2 is 2.27 bits per heavy atom. The molecule has 1 unspecified atom stereocenters. The topological polar surface area (TPSA) is 15.3 Å². The van der Waals surface area contributed by atoms with Gasteiger partial charge in [0, 0.05) is 24.8 Å². The summed E-state index contributed by atoms with van der Waals surface area (Å²) in [5.74, 6) is 0. The zero-order chi connectivity index (χ0) is 10.8. The average molecular weight is 204 g/mol. The molecule has 2 rings (SSSR count). The summed E-state index contributed by atoms with van der Waals surface area (Å²) in [5, 5.41) is 3.20. The van der Waals surface area contributed by atoms with Crippen molar-refractivity contribution in [3.05, 3.63) is 29.3 Å². The third kappa shape index (κ3) is 1.86. The molecule has 0 saturated heterocycles. The van der Waals surface area contributed by atoms with Crippen molar-refractivity contribution in [3.8, 4) is 0 Å². The number of hydrogen-bond donors (Lipinski definition) is 1. The van der Waals surface area contributed by atoms with Crippen LogP contribution in [0.25, 0.3) is 0 Å². The number of benzene rings is 1. The van der Waals surface area contributed by atoms with Crippen LogP contribution in [0.15, 0.2) is 18.2 Å². The molecule has 1 aromatic carbocycles. The highest BCUT2D eigenvalue weighted by Gasteiger charge is 2.24.